The highest BCUT2D eigenvalue weighted by atomic mass is 32.2. The van der Waals surface area contributed by atoms with Gasteiger partial charge in [-0.1, -0.05) is 35.6 Å². The van der Waals surface area contributed by atoms with E-state index in [0.29, 0.717) is 10.7 Å². The molecule has 27 heavy (non-hydrogen) atoms. The molecule has 0 fully saturated rings. The number of benzene rings is 1. The number of nitrogens with zero attached hydrogens (tertiary/aromatic N) is 1. The SMILES string of the molecule is CSCc1ccc(C(=O)Nc2nc(-c3cccs3)c(-c3cccs3)s2)cc1. The van der Waals surface area contributed by atoms with E-state index in [1.807, 2.05) is 41.8 Å². The summed E-state index contributed by atoms with van der Waals surface area (Å²) in [6.07, 6.45) is 2.07. The predicted molar refractivity (Wildman–Crippen MR) is 120 cm³/mol. The molecule has 0 bridgehead atoms. The largest absolute Gasteiger partial charge is 0.298 e. The number of carbonyl (C=O) groups excluding carboxylic acids is 1. The molecule has 0 atom stereocenters. The Morgan fingerprint density at radius 1 is 1.04 bits per heavy atom. The van der Waals surface area contributed by atoms with Crippen molar-refractivity contribution in [3.05, 3.63) is 70.4 Å². The van der Waals surface area contributed by atoms with Crippen molar-refractivity contribution in [1.82, 2.24) is 4.98 Å². The summed E-state index contributed by atoms with van der Waals surface area (Å²) < 4.78 is 0. The molecule has 7 heteroatoms. The van der Waals surface area contributed by atoms with Gasteiger partial charge >= 0.3 is 0 Å². The normalized spacial score (nSPS) is 10.9. The van der Waals surface area contributed by atoms with Gasteiger partial charge in [0, 0.05) is 16.2 Å². The third-order valence-corrected chi connectivity index (χ3v) is 7.39. The molecular formula is C20H16N2OS4. The number of thiophene rings is 2. The lowest BCUT2D eigenvalue weighted by Crippen LogP contribution is -2.11. The fourth-order valence-corrected chi connectivity index (χ4v) is 5.76. The van der Waals surface area contributed by atoms with Gasteiger partial charge in [-0.3, -0.25) is 10.1 Å². The Morgan fingerprint density at radius 2 is 1.74 bits per heavy atom. The molecule has 0 radical (unpaired) electrons. The van der Waals surface area contributed by atoms with Crippen LogP contribution in [0.3, 0.4) is 0 Å². The second-order valence-electron chi connectivity index (χ2n) is 5.74. The Hall–Kier alpha value is -1.93. The molecule has 0 spiro atoms. The molecule has 0 saturated carbocycles. The van der Waals surface area contributed by atoms with Crippen molar-refractivity contribution in [2.75, 3.05) is 11.6 Å². The quantitative estimate of drug-likeness (QED) is 0.371. The van der Waals surface area contributed by atoms with Gasteiger partial charge in [0.25, 0.3) is 5.91 Å². The highest BCUT2D eigenvalue weighted by Gasteiger charge is 2.18. The van der Waals surface area contributed by atoms with E-state index in [9.17, 15) is 4.79 Å². The molecule has 3 aromatic heterocycles. The summed E-state index contributed by atoms with van der Waals surface area (Å²) in [6.45, 7) is 0. The molecule has 4 aromatic rings. The van der Waals surface area contributed by atoms with E-state index in [2.05, 4.69) is 29.1 Å². The first-order valence-electron chi connectivity index (χ1n) is 8.22. The van der Waals surface area contributed by atoms with Gasteiger partial charge in [-0.15, -0.1) is 22.7 Å². The van der Waals surface area contributed by atoms with Gasteiger partial charge in [0.15, 0.2) is 5.13 Å². The number of thioether (sulfide) groups is 1. The van der Waals surface area contributed by atoms with Gasteiger partial charge in [-0.25, -0.2) is 4.98 Å². The topological polar surface area (TPSA) is 42.0 Å². The van der Waals surface area contributed by atoms with Crippen LogP contribution in [0.15, 0.2) is 59.3 Å². The first-order valence-corrected chi connectivity index (χ1v) is 12.2. The number of aromatic nitrogens is 1. The smallest absolute Gasteiger partial charge is 0.257 e. The van der Waals surface area contributed by atoms with E-state index >= 15 is 0 Å². The van der Waals surface area contributed by atoms with Gasteiger partial charge < -0.3 is 0 Å². The minimum atomic E-state index is -0.130. The van der Waals surface area contributed by atoms with E-state index in [0.717, 1.165) is 26.1 Å². The number of hydrogen-bond acceptors (Lipinski definition) is 6. The zero-order valence-electron chi connectivity index (χ0n) is 14.5. The van der Waals surface area contributed by atoms with Crippen molar-refractivity contribution in [3.63, 3.8) is 0 Å². The monoisotopic (exact) mass is 428 g/mol. The van der Waals surface area contributed by atoms with Crippen molar-refractivity contribution in [3.8, 4) is 20.3 Å². The third kappa shape index (κ3) is 4.16. The van der Waals surface area contributed by atoms with E-state index in [-0.39, 0.29) is 5.91 Å². The molecule has 3 heterocycles. The van der Waals surface area contributed by atoms with Crippen molar-refractivity contribution < 1.29 is 4.79 Å². The molecule has 1 aromatic carbocycles. The van der Waals surface area contributed by atoms with Crippen LogP contribution in [0.4, 0.5) is 5.13 Å². The molecule has 3 nitrogen and oxygen atoms in total. The van der Waals surface area contributed by atoms with Crippen LogP contribution in [-0.4, -0.2) is 17.1 Å². The average molecular weight is 429 g/mol. The number of rotatable bonds is 6. The van der Waals surface area contributed by atoms with Crippen molar-refractivity contribution in [1.29, 1.82) is 0 Å². The maximum atomic E-state index is 12.6. The maximum absolute atomic E-state index is 12.6. The fourth-order valence-electron chi connectivity index (χ4n) is 2.62. The van der Waals surface area contributed by atoms with Crippen LogP contribution in [0.2, 0.25) is 0 Å². The first kappa shape index (κ1) is 18.4. The number of nitrogens with one attached hydrogen (secondary N) is 1. The van der Waals surface area contributed by atoms with Crippen molar-refractivity contribution in [2.24, 2.45) is 0 Å². The van der Waals surface area contributed by atoms with Gasteiger partial charge in [-0.05, 0) is 46.8 Å². The summed E-state index contributed by atoms with van der Waals surface area (Å²) in [5.74, 6) is 0.817. The minimum absolute atomic E-state index is 0.130. The van der Waals surface area contributed by atoms with Gasteiger partial charge in [0.1, 0.15) is 5.69 Å². The summed E-state index contributed by atoms with van der Waals surface area (Å²) >= 11 is 6.63. The average Bonchev–Trinajstić information content (AvgIpc) is 3.43. The Kier molecular flexibility index (Phi) is 5.73. The summed E-state index contributed by atoms with van der Waals surface area (Å²) in [7, 11) is 0. The summed E-state index contributed by atoms with van der Waals surface area (Å²) in [5, 5.41) is 7.69. The summed E-state index contributed by atoms with van der Waals surface area (Å²) in [5.41, 5.74) is 2.79. The van der Waals surface area contributed by atoms with Crippen LogP contribution in [0.5, 0.6) is 0 Å². The second kappa shape index (κ2) is 8.39. The molecule has 0 unspecified atom stereocenters. The number of thiazole rings is 1. The Bertz CT molecular complexity index is 967. The molecule has 1 amide bonds. The van der Waals surface area contributed by atoms with Crippen LogP contribution >= 0.6 is 45.8 Å². The summed E-state index contributed by atoms with van der Waals surface area (Å²) in [6, 6.07) is 15.9. The van der Waals surface area contributed by atoms with Crippen molar-refractivity contribution >= 4 is 56.8 Å². The Morgan fingerprint density at radius 3 is 2.37 bits per heavy atom. The van der Waals surface area contributed by atoms with E-state index in [1.54, 1.807) is 34.4 Å². The van der Waals surface area contributed by atoms with E-state index in [1.165, 1.54) is 16.9 Å². The van der Waals surface area contributed by atoms with E-state index in [4.69, 9.17) is 4.98 Å². The highest BCUT2D eigenvalue weighted by molar-refractivity contribution is 7.97. The van der Waals surface area contributed by atoms with Gasteiger partial charge in [0.05, 0.1) is 9.75 Å². The lowest BCUT2D eigenvalue weighted by Gasteiger charge is -2.03. The Balaban J connectivity index is 1.60. The molecular weight excluding hydrogens is 413 g/mol. The summed E-state index contributed by atoms with van der Waals surface area (Å²) in [4.78, 5) is 20.7. The van der Waals surface area contributed by atoms with Gasteiger partial charge in [-0.2, -0.15) is 11.8 Å². The maximum Gasteiger partial charge on any atom is 0.257 e. The first-order chi connectivity index (χ1) is 13.2. The van der Waals surface area contributed by atoms with Crippen LogP contribution in [-0.2, 0) is 5.75 Å². The predicted octanol–water partition coefficient (Wildman–Crippen LogP) is 6.72. The molecule has 1 N–H and O–H groups in total. The molecule has 136 valence electrons. The zero-order chi connectivity index (χ0) is 18.6. The molecule has 0 saturated heterocycles. The Labute approximate surface area is 174 Å². The second-order valence-corrected chi connectivity index (χ2v) is 9.50. The van der Waals surface area contributed by atoms with Crippen LogP contribution < -0.4 is 5.32 Å². The minimum Gasteiger partial charge on any atom is -0.298 e. The standard InChI is InChI=1S/C20H16N2OS4/c1-24-12-13-6-8-14(9-7-13)19(23)22-20-21-17(15-4-2-10-25-15)18(27-20)16-5-3-11-26-16/h2-11H,12H2,1H3,(H,21,22,23). The van der Waals surface area contributed by atoms with Crippen LogP contribution in [0.1, 0.15) is 15.9 Å². The number of amides is 1. The number of carbonyl (C=O) groups is 1. The molecule has 0 aliphatic rings. The zero-order valence-corrected chi connectivity index (χ0v) is 17.7. The highest BCUT2D eigenvalue weighted by Crippen LogP contribution is 2.42. The van der Waals surface area contributed by atoms with Crippen molar-refractivity contribution in [2.45, 2.75) is 5.75 Å². The molecule has 0 aliphatic carbocycles. The lowest BCUT2D eigenvalue weighted by molar-refractivity contribution is 0.102. The lowest BCUT2D eigenvalue weighted by atomic mass is 10.1. The van der Waals surface area contributed by atoms with Gasteiger partial charge in [0.2, 0.25) is 0 Å². The van der Waals surface area contributed by atoms with Crippen LogP contribution in [0, 0.1) is 0 Å². The fraction of sp³-hybridized carbons (Fsp3) is 0.100. The third-order valence-electron chi connectivity index (χ3n) is 3.87. The number of anilines is 1. The molecule has 0 aliphatic heterocycles. The molecule has 4 rings (SSSR count). The van der Waals surface area contributed by atoms with E-state index < -0.39 is 0 Å². The van der Waals surface area contributed by atoms with Crippen LogP contribution in [0.25, 0.3) is 20.3 Å². The number of hydrogen-bond donors (Lipinski definition) is 1.